The molecule has 3 aromatic rings. The van der Waals surface area contributed by atoms with Gasteiger partial charge in [0.2, 0.25) is 6.41 Å². The van der Waals surface area contributed by atoms with Crippen LogP contribution in [0.1, 0.15) is 20.8 Å². The van der Waals surface area contributed by atoms with Crippen LogP contribution in [-0.4, -0.2) is 53.2 Å². The van der Waals surface area contributed by atoms with E-state index in [0.717, 1.165) is 48.6 Å². The van der Waals surface area contributed by atoms with Crippen molar-refractivity contribution in [3.05, 3.63) is 42.5 Å². The van der Waals surface area contributed by atoms with Gasteiger partial charge in [-0.2, -0.15) is 5.06 Å². The molecule has 0 atom stereocenters. The number of carbonyl (C=O) groups excluding carboxylic acids is 1. The fourth-order valence-corrected chi connectivity index (χ4v) is 3.60. The number of nitrogens with zero attached hydrogens (tertiary/aromatic N) is 3. The van der Waals surface area contributed by atoms with Crippen molar-refractivity contribution in [3.63, 3.8) is 0 Å². The SMILES string of the molecule is CC(C)(C)ON1CCN(c2ccc(-c3nc4c(NC=O)cccc4[nH]3)cc2)CC1. The van der Waals surface area contributed by atoms with E-state index in [4.69, 9.17) is 4.84 Å². The van der Waals surface area contributed by atoms with Gasteiger partial charge in [-0.3, -0.25) is 9.63 Å². The normalized spacial score (nSPS) is 15.6. The van der Waals surface area contributed by atoms with Crippen molar-refractivity contribution < 1.29 is 9.63 Å². The number of piperazine rings is 1. The molecule has 0 spiro atoms. The highest BCUT2D eigenvalue weighted by atomic mass is 16.7. The number of carbonyl (C=O) groups is 1. The molecule has 0 aliphatic carbocycles. The molecular formula is C22H27N5O2. The highest BCUT2D eigenvalue weighted by molar-refractivity contribution is 5.94. The molecule has 1 aromatic heterocycles. The Bertz CT molecular complexity index is 983. The van der Waals surface area contributed by atoms with Crippen molar-refractivity contribution in [3.8, 4) is 11.4 Å². The summed E-state index contributed by atoms with van der Waals surface area (Å²) in [5, 5.41) is 4.76. The number of fused-ring (bicyclic) bond motifs is 1. The van der Waals surface area contributed by atoms with Gasteiger partial charge in [-0.1, -0.05) is 6.07 Å². The van der Waals surface area contributed by atoms with E-state index in [1.54, 1.807) is 0 Å². The number of nitrogens with one attached hydrogen (secondary N) is 2. The maximum atomic E-state index is 10.8. The average molecular weight is 393 g/mol. The van der Waals surface area contributed by atoms with Crippen LogP contribution in [0.4, 0.5) is 11.4 Å². The number of rotatable bonds is 5. The van der Waals surface area contributed by atoms with Crippen LogP contribution < -0.4 is 10.2 Å². The van der Waals surface area contributed by atoms with Crippen molar-refractivity contribution in [2.75, 3.05) is 36.4 Å². The van der Waals surface area contributed by atoms with Gasteiger partial charge in [0.15, 0.2) is 0 Å². The first kappa shape index (κ1) is 19.4. The fraction of sp³-hybridized carbons (Fsp3) is 0.364. The van der Waals surface area contributed by atoms with Crippen LogP contribution in [-0.2, 0) is 9.63 Å². The second-order valence-electron chi connectivity index (χ2n) is 8.22. The minimum Gasteiger partial charge on any atom is -0.369 e. The molecule has 1 fully saturated rings. The third-order valence-electron chi connectivity index (χ3n) is 4.87. The number of H-pyrrole nitrogens is 1. The van der Waals surface area contributed by atoms with E-state index in [0.29, 0.717) is 12.1 Å². The van der Waals surface area contributed by atoms with E-state index in [9.17, 15) is 4.79 Å². The van der Waals surface area contributed by atoms with Gasteiger partial charge >= 0.3 is 0 Å². The molecule has 1 aliphatic heterocycles. The number of para-hydroxylation sites is 1. The van der Waals surface area contributed by atoms with Crippen LogP contribution in [0.15, 0.2) is 42.5 Å². The Labute approximate surface area is 170 Å². The first-order valence-corrected chi connectivity index (χ1v) is 9.91. The molecule has 1 amide bonds. The van der Waals surface area contributed by atoms with E-state index >= 15 is 0 Å². The number of anilines is 2. The zero-order valence-corrected chi connectivity index (χ0v) is 17.1. The molecule has 7 heteroatoms. The predicted molar refractivity (Wildman–Crippen MR) is 116 cm³/mol. The molecule has 2 N–H and O–H groups in total. The van der Waals surface area contributed by atoms with E-state index in [-0.39, 0.29) is 5.60 Å². The molecule has 2 heterocycles. The van der Waals surface area contributed by atoms with E-state index in [2.05, 4.69) is 70.3 Å². The van der Waals surface area contributed by atoms with Gasteiger partial charge in [0, 0.05) is 37.4 Å². The molecule has 0 unspecified atom stereocenters. The molecule has 1 aliphatic rings. The van der Waals surface area contributed by atoms with Crippen LogP contribution in [0.3, 0.4) is 0 Å². The molecule has 0 bridgehead atoms. The summed E-state index contributed by atoms with van der Waals surface area (Å²) in [4.78, 5) is 27.1. The monoisotopic (exact) mass is 393 g/mol. The molecule has 4 rings (SSSR count). The number of amides is 1. The molecule has 0 radical (unpaired) electrons. The van der Waals surface area contributed by atoms with Crippen molar-refractivity contribution >= 4 is 28.8 Å². The quantitative estimate of drug-likeness (QED) is 0.648. The van der Waals surface area contributed by atoms with Gasteiger partial charge in [0.05, 0.1) is 16.8 Å². The summed E-state index contributed by atoms with van der Waals surface area (Å²) in [6, 6.07) is 14.1. The summed E-state index contributed by atoms with van der Waals surface area (Å²) in [7, 11) is 0. The number of benzene rings is 2. The van der Waals surface area contributed by atoms with Gasteiger partial charge in [-0.05, 0) is 57.2 Å². The van der Waals surface area contributed by atoms with Crippen molar-refractivity contribution in [2.45, 2.75) is 26.4 Å². The number of aromatic amines is 1. The maximum absolute atomic E-state index is 10.8. The standard InChI is InChI=1S/C22H27N5O2/c1-22(2,3)29-27-13-11-26(12-14-27)17-9-7-16(8-10-17)21-24-19-6-4-5-18(23-15-28)20(19)25-21/h4-10,15H,11-14H2,1-3H3,(H,23,28)(H,24,25). The van der Waals surface area contributed by atoms with Crippen molar-refractivity contribution in [1.82, 2.24) is 15.0 Å². The Morgan fingerprint density at radius 3 is 2.45 bits per heavy atom. The fourth-order valence-electron chi connectivity index (χ4n) is 3.60. The summed E-state index contributed by atoms with van der Waals surface area (Å²) >= 11 is 0. The van der Waals surface area contributed by atoms with Crippen molar-refractivity contribution in [1.29, 1.82) is 0 Å². The van der Waals surface area contributed by atoms with Gasteiger partial charge < -0.3 is 15.2 Å². The van der Waals surface area contributed by atoms with E-state index in [1.165, 1.54) is 5.69 Å². The second kappa shape index (κ2) is 7.85. The van der Waals surface area contributed by atoms with Crippen LogP contribution in [0, 0.1) is 0 Å². The third kappa shape index (κ3) is 4.41. The van der Waals surface area contributed by atoms with Crippen LogP contribution in [0.25, 0.3) is 22.4 Å². The number of hydroxylamine groups is 2. The lowest BCUT2D eigenvalue weighted by atomic mass is 10.1. The molecule has 2 aromatic carbocycles. The predicted octanol–water partition coefficient (Wildman–Crippen LogP) is 3.65. The first-order chi connectivity index (χ1) is 13.9. The first-order valence-electron chi connectivity index (χ1n) is 9.91. The number of hydrogen-bond donors (Lipinski definition) is 2. The molecule has 0 saturated carbocycles. The molecule has 1 saturated heterocycles. The Hall–Kier alpha value is -2.90. The molecule has 7 nitrogen and oxygen atoms in total. The third-order valence-corrected chi connectivity index (χ3v) is 4.87. The Morgan fingerprint density at radius 2 is 1.79 bits per heavy atom. The highest BCUT2D eigenvalue weighted by Gasteiger charge is 2.22. The smallest absolute Gasteiger partial charge is 0.211 e. The summed E-state index contributed by atoms with van der Waals surface area (Å²) in [5.41, 5.74) is 4.41. The van der Waals surface area contributed by atoms with Crippen LogP contribution >= 0.6 is 0 Å². The summed E-state index contributed by atoms with van der Waals surface area (Å²) < 4.78 is 0. The molecule has 29 heavy (non-hydrogen) atoms. The summed E-state index contributed by atoms with van der Waals surface area (Å²) in [5.74, 6) is 0.787. The lowest BCUT2D eigenvalue weighted by Gasteiger charge is -2.38. The lowest BCUT2D eigenvalue weighted by molar-refractivity contribution is -0.230. The lowest BCUT2D eigenvalue weighted by Crippen LogP contribution is -2.48. The Kier molecular flexibility index (Phi) is 5.25. The van der Waals surface area contributed by atoms with Gasteiger partial charge in [0.1, 0.15) is 11.3 Å². The van der Waals surface area contributed by atoms with Gasteiger partial charge in [-0.25, -0.2) is 4.98 Å². The molecular weight excluding hydrogens is 366 g/mol. The minimum absolute atomic E-state index is 0.155. The largest absolute Gasteiger partial charge is 0.369 e. The topological polar surface area (TPSA) is 73.5 Å². The molecule has 152 valence electrons. The number of imidazole rings is 1. The van der Waals surface area contributed by atoms with E-state index < -0.39 is 0 Å². The van der Waals surface area contributed by atoms with Crippen LogP contribution in [0.2, 0.25) is 0 Å². The van der Waals surface area contributed by atoms with Gasteiger partial charge in [-0.15, -0.1) is 0 Å². The summed E-state index contributed by atoms with van der Waals surface area (Å²) in [6.07, 6.45) is 0.671. The number of hydrogen-bond acceptors (Lipinski definition) is 5. The highest BCUT2D eigenvalue weighted by Crippen LogP contribution is 2.27. The Balaban J connectivity index is 1.47. The summed E-state index contributed by atoms with van der Waals surface area (Å²) in [6.45, 7) is 9.86. The zero-order valence-electron chi connectivity index (χ0n) is 17.1. The maximum Gasteiger partial charge on any atom is 0.211 e. The average Bonchev–Trinajstić information content (AvgIpc) is 3.13. The van der Waals surface area contributed by atoms with Crippen molar-refractivity contribution in [2.24, 2.45) is 0 Å². The van der Waals surface area contributed by atoms with E-state index in [1.807, 2.05) is 18.2 Å². The van der Waals surface area contributed by atoms with Gasteiger partial charge in [0.25, 0.3) is 0 Å². The Morgan fingerprint density at radius 1 is 1.07 bits per heavy atom. The zero-order chi connectivity index (χ0) is 20.4. The van der Waals surface area contributed by atoms with Crippen LogP contribution in [0.5, 0.6) is 0 Å². The number of aromatic nitrogens is 2. The minimum atomic E-state index is -0.155. The second-order valence-corrected chi connectivity index (χ2v) is 8.22.